The molecule has 1 atom stereocenters. The summed E-state index contributed by atoms with van der Waals surface area (Å²) in [5.74, 6) is 0. The fraction of sp³-hybridized carbons (Fsp3) is 1.00. The molecule has 0 bridgehead atoms. The molecule has 1 unspecified atom stereocenters. The van der Waals surface area contributed by atoms with Gasteiger partial charge in [-0.1, -0.05) is 0 Å². The summed E-state index contributed by atoms with van der Waals surface area (Å²) in [6.45, 7) is 1.04. The van der Waals surface area contributed by atoms with E-state index in [1.807, 2.05) is 0 Å². The molecular formula is C7H14FNO. The Morgan fingerprint density at radius 2 is 2.20 bits per heavy atom. The third-order valence-electron chi connectivity index (χ3n) is 2.01. The Kier molecular flexibility index (Phi) is 2.63. The van der Waals surface area contributed by atoms with Gasteiger partial charge < -0.3 is 10.4 Å². The lowest BCUT2D eigenvalue weighted by molar-refractivity contribution is 0.00452. The zero-order chi connectivity index (χ0) is 7.45. The van der Waals surface area contributed by atoms with Gasteiger partial charge in [0.1, 0.15) is 6.67 Å². The smallest absolute Gasteiger partial charge is 0.118 e. The lowest BCUT2D eigenvalue weighted by Gasteiger charge is -2.21. The molecule has 0 aromatic carbocycles. The molecular weight excluding hydrogens is 133 g/mol. The van der Waals surface area contributed by atoms with E-state index in [-0.39, 0.29) is 0 Å². The average molecular weight is 147 g/mol. The first-order valence-electron chi connectivity index (χ1n) is 3.76. The van der Waals surface area contributed by atoms with Crippen molar-refractivity contribution in [3.63, 3.8) is 0 Å². The second-order valence-electron chi connectivity index (χ2n) is 2.96. The molecule has 0 radical (unpaired) electrons. The summed E-state index contributed by atoms with van der Waals surface area (Å²) in [5.41, 5.74) is -1.02. The molecule has 1 aliphatic heterocycles. The van der Waals surface area contributed by atoms with E-state index in [0.29, 0.717) is 12.8 Å². The summed E-state index contributed by atoms with van der Waals surface area (Å²) in [5, 5.41) is 12.6. The minimum atomic E-state index is -1.02. The third-order valence-corrected chi connectivity index (χ3v) is 2.01. The number of halogens is 1. The van der Waals surface area contributed by atoms with Crippen molar-refractivity contribution in [1.82, 2.24) is 5.32 Å². The van der Waals surface area contributed by atoms with Crippen molar-refractivity contribution in [2.75, 3.05) is 19.8 Å². The molecule has 0 aromatic rings. The highest BCUT2D eigenvalue weighted by Gasteiger charge is 2.27. The molecule has 0 amide bonds. The van der Waals surface area contributed by atoms with Gasteiger partial charge in [-0.05, 0) is 32.4 Å². The topological polar surface area (TPSA) is 32.3 Å². The summed E-state index contributed by atoms with van der Waals surface area (Å²) in [7, 11) is 0. The summed E-state index contributed by atoms with van der Waals surface area (Å²) in [6, 6.07) is 0. The van der Waals surface area contributed by atoms with Crippen molar-refractivity contribution in [2.45, 2.75) is 24.9 Å². The third kappa shape index (κ3) is 1.92. The first kappa shape index (κ1) is 7.95. The number of hydrogen-bond donors (Lipinski definition) is 2. The predicted molar refractivity (Wildman–Crippen MR) is 37.6 cm³/mol. The van der Waals surface area contributed by atoms with E-state index in [1.165, 1.54) is 0 Å². The molecule has 2 N–H and O–H groups in total. The maximum absolute atomic E-state index is 12.2. The van der Waals surface area contributed by atoms with Gasteiger partial charge in [0.2, 0.25) is 0 Å². The molecule has 0 saturated carbocycles. The van der Waals surface area contributed by atoms with Crippen LogP contribution in [0.1, 0.15) is 19.3 Å². The number of alkyl halides is 1. The Morgan fingerprint density at radius 1 is 1.40 bits per heavy atom. The standard InChI is InChI=1S/C7H14FNO/c8-6-7(10)2-1-4-9-5-3-7/h9-10H,1-6H2. The van der Waals surface area contributed by atoms with Gasteiger partial charge >= 0.3 is 0 Å². The highest BCUT2D eigenvalue weighted by Crippen LogP contribution is 2.19. The van der Waals surface area contributed by atoms with Crippen LogP contribution in [0.3, 0.4) is 0 Å². The molecule has 60 valence electrons. The van der Waals surface area contributed by atoms with Gasteiger partial charge in [-0.15, -0.1) is 0 Å². The van der Waals surface area contributed by atoms with Crippen LogP contribution in [0.4, 0.5) is 4.39 Å². The van der Waals surface area contributed by atoms with Gasteiger partial charge in [0.05, 0.1) is 5.60 Å². The van der Waals surface area contributed by atoms with Crippen LogP contribution in [-0.2, 0) is 0 Å². The Hall–Kier alpha value is -0.150. The van der Waals surface area contributed by atoms with E-state index < -0.39 is 12.3 Å². The van der Waals surface area contributed by atoms with Crippen molar-refractivity contribution in [1.29, 1.82) is 0 Å². The van der Waals surface area contributed by atoms with E-state index in [9.17, 15) is 9.50 Å². The van der Waals surface area contributed by atoms with Crippen molar-refractivity contribution in [3.05, 3.63) is 0 Å². The second-order valence-corrected chi connectivity index (χ2v) is 2.96. The van der Waals surface area contributed by atoms with E-state index in [2.05, 4.69) is 5.32 Å². The van der Waals surface area contributed by atoms with Gasteiger partial charge in [-0.2, -0.15) is 0 Å². The van der Waals surface area contributed by atoms with Crippen LogP contribution < -0.4 is 5.32 Å². The van der Waals surface area contributed by atoms with Gasteiger partial charge in [0.25, 0.3) is 0 Å². The minimum Gasteiger partial charge on any atom is -0.387 e. The fourth-order valence-electron chi connectivity index (χ4n) is 1.25. The van der Waals surface area contributed by atoms with E-state index in [0.717, 1.165) is 19.5 Å². The van der Waals surface area contributed by atoms with E-state index >= 15 is 0 Å². The summed E-state index contributed by atoms with van der Waals surface area (Å²) >= 11 is 0. The highest BCUT2D eigenvalue weighted by atomic mass is 19.1. The van der Waals surface area contributed by atoms with Crippen molar-refractivity contribution < 1.29 is 9.50 Å². The molecule has 0 spiro atoms. The normalized spacial score (nSPS) is 35.4. The maximum atomic E-state index is 12.2. The Morgan fingerprint density at radius 3 is 2.90 bits per heavy atom. The quantitative estimate of drug-likeness (QED) is 0.564. The highest BCUT2D eigenvalue weighted by molar-refractivity contribution is 4.81. The Bertz CT molecular complexity index is 99.8. The van der Waals surface area contributed by atoms with Gasteiger partial charge in [0, 0.05) is 0 Å². The van der Waals surface area contributed by atoms with Crippen LogP contribution in [0.25, 0.3) is 0 Å². The number of rotatable bonds is 1. The van der Waals surface area contributed by atoms with Crippen LogP contribution in [-0.4, -0.2) is 30.5 Å². The lowest BCUT2D eigenvalue weighted by Crippen LogP contribution is -2.32. The van der Waals surface area contributed by atoms with Gasteiger partial charge in [-0.3, -0.25) is 0 Å². The zero-order valence-electron chi connectivity index (χ0n) is 6.07. The molecule has 1 saturated heterocycles. The van der Waals surface area contributed by atoms with Crippen LogP contribution in [0.15, 0.2) is 0 Å². The SMILES string of the molecule is OC1(CF)CCCNCC1. The molecule has 0 aromatic heterocycles. The molecule has 10 heavy (non-hydrogen) atoms. The van der Waals surface area contributed by atoms with Crippen LogP contribution in [0.5, 0.6) is 0 Å². The number of aliphatic hydroxyl groups is 1. The van der Waals surface area contributed by atoms with E-state index in [1.54, 1.807) is 0 Å². The van der Waals surface area contributed by atoms with Gasteiger partial charge in [0.15, 0.2) is 0 Å². The average Bonchev–Trinajstić information content (AvgIpc) is 2.15. The first-order valence-corrected chi connectivity index (χ1v) is 3.76. The number of hydrogen-bond acceptors (Lipinski definition) is 2. The molecule has 1 rings (SSSR count). The molecule has 1 heterocycles. The zero-order valence-corrected chi connectivity index (χ0v) is 6.07. The summed E-state index contributed by atoms with van der Waals surface area (Å²) < 4.78 is 12.2. The van der Waals surface area contributed by atoms with Crippen LogP contribution in [0, 0.1) is 0 Å². The second kappa shape index (κ2) is 3.30. The molecule has 3 heteroatoms. The first-order chi connectivity index (χ1) is 4.77. The van der Waals surface area contributed by atoms with E-state index in [4.69, 9.17) is 0 Å². The minimum absolute atomic E-state index is 0.545. The van der Waals surface area contributed by atoms with Gasteiger partial charge in [-0.25, -0.2) is 4.39 Å². The molecule has 0 aliphatic carbocycles. The summed E-state index contributed by atoms with van der Waals surface area (Å²) in [6.07, 6.45) is 2.01. The predicted octanol–water partition coefficient (Wildman–Crippen LogP) is 0.461. The summed E-state index contributed by atoms with van der Waals surface area (Å²) in [4.78, 5) is 0. The van der Waals surface area contributed by atoms with Crippen LogP contribution in [0.2, 0.25) is 0 Å². The Balaban J connectivity index is 2.41. The molecule has 1 aliphatic rings. The molecule has 1 fully saturated rings. The van der Waals surface area contributed by atoms with Crippen LogP contribution >= 0.6 is 0 Å². The van der Waals surface area contributed by atoms with Crippen molar-refractivity contribution >= 4 is 0 Å². The Labute approximate surface area is 60.4 Å². The molecule has 2 nitrogen and oxygen atoms in total. The largest absolute Gasteiger partial charge is 0.387 e. The monoisotopic (exact) mass is 147 g/mol. The fourth-order valence-corrected chi connectivity index (χ4v) is 1.25. The maximum Gasteiger partial charge on any atom is 0.118 e. The lowest BCUT2D eigenvalue weighted by atomic mass is 9.97. The number of nitrogens with one attached hydrogen (secondary N) is 1. The van der Waals surface area contributed by atoms with Crippen molar-refractivity contribution in [3.8, 4) is 0 Å². The van der Waals surface area contributed by atoms with Crippen molar-refractivity contribution in [2.24, 2.45) is 0 Å².